The first-order valence-electron chi connectivity index (χ1n) is 6.99. The van der Waals surface area contributed by atoms with Crippen LogP contribution in [0.2, 0.25) is 4.34 Å². The minimum atomic E-state index is -0.191. The van der Waals surface area contributed by atoms with E-state index in [0.717, 1.165) is 4.88 Å². The molecule has 0 unspecified atom stereocenters. The van der Waals surface area contributed by atoms with Crippen LogP contribution in [0.3, 0.4) is 0 Å². The number of thiophene rings is 1. The van der Waals surface area contributed by atoms with E-state index in [4.69, 9.17) is 21.1 Å². The zero-order valence-corrected chi connectivity index (χ0v) is 14.0. The van der Waals surface area contributed by atoms with Crippen molar-refractivity contribution < 1.29 is 14.3 Å². The molecule has 0 spiro atoms. The average molecular weight is 340 g/mol. The lowest BCUT2D eigenvalue weighted by molar-refractivity contribution is -0.123. The number of rotatable bonds is 7. The van der Waals surface area contributed by atoms with Gasteiger partial charge in [-0.15, -0.1) is 11.3 Å². The van der Waals surface area contributed by atoms with Crippen LogP contribution in [-0.2, 0) is 4.79 Å². The Morgan fingerprint density at radius 1 is 1.23 bits per heavy atom. The molecular formula is C16H18ClNO3S. The van der Waals surface area contributed by atoms with E-state index in [0.29, 0.717) is 22.4 Å². The zero-order valence-electron chi connectivity index (χ0n) is 12.5. The number of nitrogens with one attached hydrogen (secondary N) is 1. The van der Waals surface area contributed by atoms with Crippen LogP contribution in [0.15, 0.2) is 36.4 Å². The number of para-hydroxylation sites is 2. The highest BCUT2D eigenvalue weighted by Crippen LogP contribution is 2.27. The van der Waals surface area contributed by atoms with Crippen LogP contribution in [0.25, 0.3) is 0 Å². The molecule has 0 saturated heterocycles. The zero-order chi connectivity index (χ0) is 15.9. The Balaban J connectivity index is 1.88. The molecule has 22 heavy (non-hydrogen) atoms. The van der Waals surface area contributed by atoms with Gasteiger partial charge in [-0.05, 0) is 38.1 Å². The van der Waals surface area contributed by atoms with Gasteiger partial charge in [-0.2, -0.15) is 0 Å². The molecule has 0 radical (unpaired) electrons. The summed E-state index contributed by atoms with van der Waals surface area (Å²) in [6.45, 7) is 4.29. The van der Waals surface area contributed by atoms with Gasteiger partial charge >= 0.3 is 0 Å². The number of ether oxygens (including phenoxy) is 2. The average Bonchev–Trinajstić information content (AvgIpc) is 2.93. The maximum Gasteiger partial charge on any atom is 0.258 e. The predicted molar refractivity (Wildman–Crippen MR) is 89.0 cm³/mol. The van der Waals surface area contributed by atoms with E-state index in [1.807, 2.05) is 44.2 Å². The molecule has 4 nitrogen and oxygen atoms in total. The molecule has 1 heterocycles. The van der Waals surface area contributed by atoms with E-state index in [1.165, 1.54) is 11.3 Å². The molecule has 1 aromatic heterocycles. The van der Waals surface area contributed by atoms with Gasteiger partial charge in [0.2, 0.25) is 0 Å². The largest absolute Gasteiger partial charge is 0.490 e. The van der Waals surface area contributed by atoms with Gasteiger partial charge in [0.05, 0.1) is 17.0 Å². The lowest BCUT2D eigenvalue weighted by Gasteiger charge is -2.14. The summed E-state index contributed by atoms with van der Waals surface area (Å²) in [5.74, 6) is 1.01. The van der Waals surface area contributed by atoms with Gasteiger partial charge in [-0.1, -0.05) is 23.7 Å². The second kappa shape index (κ2) is 8.06. The van der Waals surface area contributed by atoms with Crippen LogP contribution >= 0.6 is 22.9 Å². The van der Waals surface area contributed by atoms with Crippen molar-refractivity contribution in [3.8, 4) is 11.5 Å². The Labute approximate surface area is 139 Å². The number of halogens is 1. The van der Waals surface area contributed by atoms with Crippen LogP contribution in [0.5, 0.6) is 11.5 Å². The Kier molecular flexibility index (Phi) is 6.10. The molecule has 6 heteroatoms. The van der Waals surface area contributed by atoms with E-state index >= 15 is 0 Å². The Bertz CT molecular complexity index is 629. The lowest BCUT2D eigenvalue weighted by atomic mass is 10.3. The first-order valence-corrected chi connectivity index (χ1v) is 8.18. The molecular weight excluding hydrogens is 322 g/mol. The van der Waals surface area contributed by atoms with Crippen LogP contribution in [0.4, 0.5) is 0 Å². The van der Waals surface area contributed by atoms with Crippen molar-refractivity contribution in [1.29, 1.82) is 0 Å². The monoisotopic (exact) mass is 339 g/mol. The third-order valence-corrected chi connectivity index (χ3v) is 4.32. The number of hydrogen-bond donors (Lipinski definition) is 1. The van der Waals surface area contributed by atoms with Gasteiger partial charge in [-0.25, -0.2) is 0 Å². The Morgan fingerprint density at radius 2 is 1.91 bits per heavy atom. The van der Waals surface area contributed by atoms with Crippen LogP contribution in [0, 0.1) is 0 Å². The molecule has 118 valence electrons. The maximum atomic E-state index is 12.0. The first kappa shape index (κ1) is 16.6. The Hall–Kier alpha value is -1.72. The van der Waals surface area contributed by atoms with Gasteiger partial charge in [0.25, 0.3) is 5.91 Å². The summed E-state index contributed by atoms with van der Waals surface area (Å²) in [5.41, 5.74) is 0. The molecule has 1 aromatic carbocycles. The van der Waals surface area contributed by atoms with E-state index in [2.05, 4.69) is 5.32 Å². The van der Waals surface area contributed by atoms with Crippen molar-refractivity contribution in [1.82, 2.24) is 5.32 Å². The smallest absolute Gasteiger partial charge is 0.258 e. The molecule has 0 aliphatic carbocycles. The molecule has 0 saturated carbocycles. The normalized spacial score (nSPS) is 11.8. The van der Waals surface area contributed by atoms with Gasteiger partial charge in [0.15, 0.2) is 18.1 Å². The summed E-state index contributed by atoms with van der Waals surface area (Å²) < 4.78 is 11.7. The van der Waals surface area contributed by atoms with Crippen molar-refractivity contribution in [2.24, 2.45) is 0 Å². The third kappa shape index (κ3) is 4.64. The van der Waals surface area contributed by atoms with Gasteiger partial charge in [0, 0.05) is 4.88 Å². The molecule has 1 atom stereocenters. The molecule has 0 aliphatic heterocycles. The summed E-state index contributed by atoms with van der Waals surface area (Å²) in [6, 6.07) is 10.9. The van der Waals surface area contributed by atoms with Crippen molar-refractivity contribution >= 4 is 28.8 Å². The van der Waals surface area contributed by atoms with Gasteiger partial charge in [0.1, 0.15) is 0 Å². The summed E-state index contributed by atoms with van der Waals surface area (Å²) in [7, 11) is 0. The molecule has 2 rings (SSSR count). The van der Waals surface area contributed by atoms with E-state index < -0.39 is 0 Å². The summed E-state index contributed by atoms with van der Waals surface area (Å²) >= 11 is 7.35. The number of hydrogen-bond acceptors (Lipinski definition) is 4. The van der Waals surface area contributed by atoms with E-state index in [9.17, 15) is 4.79 Å². The quantitative estimate of drug-likeness (QED) is 0.827. The molecule has 0 aliphatic rings. The van der Waals surface area contributed by atoms with Crippen LogP contribution < -0.4 is 14.8 Å². The standard InChI is InChI=1S/C16H18ClNO3S/c1-3-20-12-6-4-5-7-13(12)21-10-16(19)18-11(2)14-8-9-15(17)22-14/h4-9,11H,3,10H2,1-2H3,(H,18,19)/t11-/m0/s1. The second-order valence-corrected chi connectivity index (χ2v) is 6.35. The molecule has 1 amide bonds. The van der Waals surface area contributed by atoms with E-state index in [1.54, 1.807) is 6.07 Å². The number of benzene rings is 1. The topological polar surface area (TPSA) is 47.6 Å². The van der Waals surface area contributed by atoms with Crippen molar-refractivity contribution in [2.45, 2.75) is 19.9 Å². The van der Waals surface area contributed by atoms with Crippen LogP contribution in [-0.4, -0.2) is 19.1 Å². The third-order valence-electron chi connectivity index (χ3n) is 2.91. The molecule has 2 aromatic rings. The lowest BCUT2D eigenvalue weighted by Crippen LogP contribution is -2.30. The minimum absolute atomic E-state index is 0.0620. The maximum absolute atomic E-state index is 12.0. The van der Waals surface area contributed by atoms with Crippen molar-refractivity contribution in [3.63, 3.8) is 0 Å². The highest BCUT2D eigenvalue weighted by Gasteiger charge is 2.13. The Morgan fingerprint density at radius 3 is 2.50 bits per heavy atom. The highest BCUT2D eigenvalue weighted by atomic mass is 35.5. The van der Waals surface area contributed by atoms with Crippen LogP contribution in [0.1, 0.15) is 24.8 Å². The molecule has 0 bridgehead atoms. The highest BCUT2D eigenvalue weighted by molar-refractivity contribution is 7.16. The number of amides is 1. The fourth-order valence-corrected chi connectivity index (χ4v) is 2.97. The second-order valence-electron chi connectivity index (χ2n) is 4.60. The molecule has 0 fully saturated rings. The fraction of sp³-hybridized carbons (Fsp3) is 0.312. The first-order chi connectivity index (χ1) is 10.6. The van der Waals surface area contributed by atoms with Gasteiger partial charge in [-0.3, -0.25) is 4.79 Å². The minimum Gasteiger partial charge on any atom is -0.490 e. The SMILES string of the molecule is CCOc1ccccc1OCC(=O)N[C@@H](C)c1ccc(Cl)s1. The fourth-order valence-electron chi connectivity index (χ4n) is 1.90. The van der Waals surface area contributed by atoms with Crippen molar-refractivity contribution in [3.05, 3.63) is 45.6 Å². The molecule has 1 N–H and O–H groups in total. The summed E-state index contributed by atoms with van der Waals surface area (Å²) in [4.78, 5) is 13.0. The van der Waals surface area contributed by atoms with E-state index in [-0.39, 0.29) is 18.6 Å². The summed E-state index contributed by atoms with van der Waals surface area (Å²) in [5, 5.41) is 2.88. The van der Waals surface area contributed by atoms with Gasteiger partial charge < -0.3 is 14.8 Å². The number of carbonyl (C=O) groups excluding carboxylic acids is 1. The predicted octanol–water partition coefficient (Wildman–Crippen LogP) is 4.06. The number of carbonyl (C=O) groups is 1. The van der Waals surface area contributed by atoms with Crippen molar-refractivity contribution in [2.75, 3.05) is 13.2 Å². The summed E-state index contributed by atoms with van der Waals surface area (Å²) in [6.07, 6.45) is 0.